The predicted molar refractivity (Wildman–Crippen MR) is 93.3 cm³/mol. The van der Waals surface area contributed by atoms with Crippen molar-refractivity contribution in [3.05, 3.63) is 23.8 Å². The molecular weight excluding hydrogens is 308 g/mol. The van der Waals surface area contributed by atoms with Gasteiger partial charge >= 0.3 is 12.1 Å². The summed E-state index contributed by atoms with van der Waals surface area (Å²) in [5, 5.41) is 8.43. The van der Waals surface area contributed by atoms with Crippen LogP contribution in [-0.4, -0.2) is 42.7 Å². The molecular formula is C17H26N4O3. The molecule has 4 amide bonds. The van der Waals surface area contributed by atoms with E-state index in [4.69, 9.17) is 4.74 Å². The highest BCUT2D eigenvalue weighted by Crippen LogP contribution is 2.26. The summed E-state index contributed by atoms with van der Waals surface area (Å²) >= 11 is 0. The second kappa shape index (κ2) is 8.42. The molecule has 0 saturated heterocycles. The number of carbonyl (C=O) groups excluding carboxylic acids is 2. The second-order valence-corrected chi connectivity index (χ2v) is 5.84. The van der Waals surface area contributed by atoms with Crippen molar-refractivity contribution in [2.45, 2.75) is 39.8 Å². The van der Waals surface area contributed by atoms with E-state index in [-0.39, 0.29) is 18.1 Å². The molecule has 1 aromatic carbocycles. The first-order valence-electron chi connectivity index (χ1n) is 8.39. The number of rotatable bonds is 4. The maximum absolute atomic E-state index is 12.4. The Morgan fingerprint density at radius 3 is 2.83 bits per heavy atom. The number of benzene rings is 1. The molecule has 1 unspecified atom stereocenters. The Hall–Kier alpha value is -2.44. The maximum Gasteiger partial charge on any atom is 0.319 e. The van der Waals surface area contributed by atoms with Crippen molar-refractivity contribution in [3.63, 3.8) is 0 Å². The molecule has 0 fully saturated rings. The van der Waals surface area contributed by atoms with Gasteiger partial charge in [0.1, 0.15) is 12.4 Å². The lowest BCUT2D eigenvalue weighted by Gasteiger charge is -2.23. The molecule has 1 aromatic rings. The number of urea groups is 2. The van der Waals surface area contributed by atoms with Gasteiger partial charge in [-0.2, -0.15) is 0 Å². The average molecular weight is 334 g/mol. The van der Waals surface area contributed by atoms with Gasteiger partial charge in [-0.25, -0.2) is 9.59 Å². The number of carbonyl (C=O) groups is 2. The van der Waals surface area contributed by atoms with E-state index in [0.29, 0.717) is 31.9 Å². The Balaban J connectivity index is 2.10. The highest BCUT2D eigenvalue weighted by molar-refractivity contribution is 5.89. The monoisotopic (exact) mass is 334 g/mol. The topological polar surface area (TPSA) is 82.7 Å². The lowest BCUT2D eigenvalue weighted by atomic mass is 10.1. The number of hydrogen-bond acceptors (Lipinski definition) is 3. The van der Waals surface area contributed by atoms with Crippen molar-refractivity contribution >= 4 is 17.7 Å². The highest BCUT2D eigenvalue weighted by Gasteiger charge is 2.21. The van der Waals surface area contributed by atoms with Crippen LogP contribution in [0.15, 0.2) is 18.2 Å². The third-order valence-corrected chi connectivity index (χ3v) is 3.91. The summed E-state index contributed by atoms with van der Waals surface area (Å²) in [5.41, 5.74) is 1.55. The average Bonchev–Trinajstić information content (AvgIpc) is 2.76. The zero-order valence-corrected chi connectivity index (χ0v) is 14.5. The number of nitrogens with zero attached hydrogens (tertiary/aromatic N) is 1. The first-order valence-corrected chi connectivity index (χ1v) is 8.39. The Labute approximate surface area is 142 Å². The molecule has 3 N–H and O–H groups in total. The van der Waals surface area contributed by atoms with Gasteiger partial charge in [0.2, 0.25) is 0 Å². The van der Waals surface area contributed by atoms with Crippen molar-refractivity contribution in [2.75, 3.05) is 25.0 Å². The van der Waals surface area contributed by atoms with Crippen molar-refractivity contribution in [1.29, 1.82) is 0 Å². The number of amides is 4. The number of anilines is 1. The van der Waals surface area contributed by atoms with E-state index in [1.54, 1.807) is 11.0 Å². The minimum atomic E-state index is -0.252. The molecule has 0 aromatic heterocycles. The van der Waals surface area contributed by atoms with Crippen LogP contribution in [0.3, 0.4) is 0 Å². The van der Waals surface area contributed by atoms with Gasteiger partial charge in [0.15, 0.2) is 0 Å². The normalized spacial score (nSPS) is 14.7. The zero-order valence-electron chi connectivity index (χ0n) is 14.5. The Kier molecular flexibility index (Phi) is 6.28. The van der Waals surface area contributed by atoms with Gasteiger partial charge < -0.3 is 25.6 Å². The van der Waals surface area contributed by atoms with Crippen molar-refractivity contribution in [2.24, 2.45) is 0 Å². The molecule has 24 heavy (non-hydrogen) atoms. The summed E-state index contributed by atoms with van der Waals surface area (Å²) in [5.74, 6) is 0.746. The second-order valence-electron chi connectivity index (χ2n) is 5.84. The van der Waals surface area contributed by atoms with Crippen LogP contribution in [0.25, 0.3) is 0 Å². The van der Waals surface area contributed by atoms with Gasteiger partial charge in [-0.05, 0) is 38.5 Å². The Bertz CT molecular complexity index is 591. The van der Waals surface area contributed by atoms with Crippen LogP contribution in [0.4, 0.5) is 15.3 Å². The van der Waals surface area contributed by atoms with Crippen LogP contribution in [-0.2, 0) is 6.54 Å². The molecule has 1 heterocycles. The molecule has 1 atom stereocenters. The van der Waals surface area contributed by atoms with E-state index >= 15 is 0 Å². The van der Waals surface area contributed by atoms with E-state index in [2.05, 4.69) is 16.0 Å². The van der Waals surface area contributed by atoms with E-state index in [1.807, 2.05) is 32.9 Å². The number of ether oxygens (including phenoxy) is 1. The quantitative estimate of drug-likeness (QED) is 0.791. The highest BCUT2D eigenvalue weighted by atomic mass is 16.5. The van der Waals surface area contributed by atoms with E-state index in [1.165, 1.54) is 0 Å². The van der Waals surface area contributed by atoms with E-state index < -0.39 is 0 Å². The maximum atomic E-state index is 12.4. The van der Waals surface area contributed by atoms with Gasteiger partial charge in [0.25, 0.3) is 0 Å². The first kappa shape index (κ1) is 17.9. The molecule has 0 saturated carbocycles. The van der Waals surface area contributed by atoms with Crippen molar-refractivity contribution in [3.8, 4) is 5.75 Å². The van der Waals surface area contributed by atoms with Crippen LogP contribution in [0.1, 0.15) is 32.8 Å². The molecule has 7 heteroatoms. The fourth-order valence-corrected chi connectivity index (χ4v) is 2.39. The Morgan fingerprint density at radius 2 is 2.12 bits per heavy atom. The molecule has 0 aliphatic carbocycles. The predicted octanol–water partition coefficient (Wildman–Crippen LogP) is 2.53. The summed E-state index contributed by atoms with van der Waals surface area (Å²) in [7, 11) is 0. The van der Waals surface area contributed by atoms with Crippen LogP contribution in [0, 0.1) is 0 Å². The van der Waals surface area contributed by atoms with E-state index in [0.717, 1.165) is 17.7 Å². The fraction of sp³-hybridized carbons (Fsp3) is 0.529. The molecule has 132 valence electrons. The third-order valence-electron chi connectivity index (χ3n) is 3.91. The largest absolute Gasteiger partial charge is 0.491 e. The van der Waals surface area contributed by atoms with Gasteiger partial charge in [0, 0.05) is 23.8 Å². The molecule has 0 spiro atoms. The third kappa shape index (κ3) is 4.78. The molecule has 1 aliphatic rings. The lowest BCUT2D eigenvalue weighted by Crippen LogP contribution is -2.44. The molecule has 1 aliphatic heterocycles. The van der Waals surface area contributed by atoms with Crippen LogP contribution in [0.5, 0.6) is 5.75 Å². The fourth-order valence-electron chi connectivity index (χ4n) is 2.39. The van der Waals surface area contributed by atoms with Gasteiger partial charge in [-0.3, -0.25) is 0 Å². The lowest BCUT2D eigenvalue weighted by molar-refractivity contribution is 0.184. The number of fused-ring (bicyclic) bond motifs is 1. The van der Waals surface area contributed by atoms with E-state index in [9.17, 15) is 9.59 Å². The van der Waals surface area contributed by atoms with Crippen molar-refractivity contribution < 1.29 is 14.3 Å². The summed E-state index contributed by atoms with van der Waals surface area (Å²) in [6.45, 7) is 7.85. The van der Waals surface area contributed by atoms with Gasteiger partial charge in [-0.15, -0.1) is 0 Å². The summed E-state index contributed by atoms with van der Waals surface area (Å²) in [6, 6.07) is 5.25. The van der Waals surface area contributed by atoms with Crippen LogP contribution >= 0.6 is 0 Å². The minimum Gasteiger partial charge on any atom is -0.491 e. The summed E-state index contributed by atoms with van der Waals surface area (Å²) < 4.78 is 5.72. The number of hydrogen-bond donors (Lipinski definition) is 3. The van der Waals surface area contributed by atoms with Gasteiger partial charge in [-0.1, -0.05) is 6.92 Å². The standard InChI is InChI=1S/C17H26N4O3/c1-4-12(3)19-17(23)21-8-9-24-15-7-6-14(10-13(15)11-21)20-16(22)18-5-2/h6-7,10,12H,4-5,8-9,11H2,1-3H3,(H,19,23)(H2,18,20,22). The smallest absolute Gasteiger partial charge is 0.319 e. The SMILES string of the molecule is CCNC(=O)Nc1ccc2c(c1)CN(C(=O)NC(C)CC)CCO2. The molecule has 0 bridgehead atoms. The zero-order chi connectivity index (χ0) is 17.5. The van der Waals surface area contributed by atoms with Crippen LogP contribution < -0.4 is 20.7 Å². The minimum absolute atomic E-state index is 0.0945. The van der Waals surface area contributed by atoms with Crippen LogP contribution in [0.2, 0.25) is 0 Å². The molecule has 0 radical (unpaired) electrons. The molecule has 7 nitrogen and oxygen atoms in total. The molecule has 2 rings (SSSR count). The first-order chi connectivity index (χ1) is 11.5. The summed E-state index contributed by atoms with van der Waals surface area (Å²) in [4.78, 5) is 25.7. The Morgan fingerprint density at radius 1 is 1.33 bits per heavy atom. The van der Waals surface area contributed by atoms with Gasteiger partial charge in [0.05, 0.1) is 13.1 Å². The van der Waals surface area contributed by atoms with Crippen molar-refractivity contribution in [1.82, 2.24) is 15.5 Å². The number of nitrogens with one attached hydrogen (secondary N) is 3. The summed E-state index contributed by atoms with van der Waals surface area (Å²) in [6.07, 6.45) is 0.882.